The van der Waals surface area contributed by atoms with Gasteiger partial charge in [0.05, 0.1) is 5.41 Å². The normalized spacial score (nSPS) is 15.5. The smallest absolute Gasteiger partial charge is 0.226 e. The van der Waals surface area contributed by atoms with Crippen molar-refractivity contribution in [2.75, 3.05) is 19.6 Å². The molecule has 3 rings (SSSR count). The first-order chi connectivity index (χ1) is 14.5. The minimum Gasteiger partial charge on any atom is -0.352 e. The molecule has 1 N–H and O–H groups in total. The van der Waals surface area contributed by atoms with Crippen molar-refractivity contribution in [2.24, 2.45) is 5.41 Å². The van der Waals surface area contributed by atoms with Crippen molar-refractivity contribution in [1.29, 1.82) is 0 Å². The van der Waals surface area contributed by atoms with Crippen molar-refractivity contribution >= 4 is 11.8 Å². The first-order valence-electron chi connectivity index (χ1n) is 10.8. The third kappa shape index (κ3) is 4.81. The molecule has 0 aromatic heterocycles. The van der Waals surface area contributed by atoms with Gasteiger partial charge in [-0.05, 0) is 48.4 Å². The monoisotopic (exact) mass is 404 g/mol. The molecule has 0 unspecified atom stereocenters. The molecule has 2 aromatic rings. The highest BCUT2D eigenvalue weighted by atomic mass is 16.2. The molecule has 0 spiro atoms. The van der Waals surface area contributed by atoms with E-state index >= 15 is 0 Å². The summed E-state index contributed by atoms with van der Waals surface area (Å²) in [5.41, 5.74) is 4.27. The van der Waals surface area contributed by atoms with Crippen molar-refractivity contribution in [1.82, 2.24) is 10.2 Å². The van der Waals surface area contributed by atoms with Crippen LogP contribution < -0.4 is 5.32 Å². The topological polar surface area (TPSA) is 49.4 Å². The average molecular weight is 405 g/mol. The second-order valence-corrected chi connectivity index (χ2v) is 8.21. The summed E-state index contributed by atoms with van der Waals surface area (Å²) in [6, 6.07) is 16.9. The minimum atomic E-state index is -0.502. The lowest BCUT2D eigenvalue weighted by Gasteiger charge is -2.41. The number of hydrogen-bond donors (Lipinski definition) is 1. The van der Waals surface area contributed by atoms with Crippen LogP contribution in [0.1, 0.15) is 37.3 Å². The molecule has 2 amide bonds. The van der Waals surface area contributed by atoms with Crippen molar-refractivity contribution in [3.05, 3.63) is 72.3 Å². The lowest BCUT2D eigenvalue weighted by Crippen LogP contribution is -2.51. The van der Waals surface area contributed by atoms with Gasteiger partial charge in [0.15, 0.2) is 0 Å². The Balaban J connectivity index is 1.86. The Morgan fingerprint density at radius 3 is 2.53 bits per heavy atom. The minimum absolute atomic E-state index is 0.0623. The van der Waals surface area contributed by atoms with Crippen LogP contribution in [0.15, 0.2) is 61.2 Å². The van der Waals surface area contributed by atoms with Gasteiger partial charge in [-0.3, -0.25) is 9.59 Å². The van der Waals surface area contributed by atoms with Gasteiger partial charge >= 0.3 is 0 Å². The van der Waals surface area contributed by atoms with E-state index < -0.39 is 5.41 Å². The van der Waals surface area contributed by atoms with Crippen molar-refractivity contribution in [3.8, 4) is 11.1 Å². The van der Waals surface area contributed by atoms with Crippen LogP contribution in [-0.2, 0) is 16.0 Å². The molecule has 4 heteroatoms. The summed E-state index contributed by atoms with van der Waals surface area (Å²) in [6.07, 6.45) is 4.24. The second kappa shape index (κ2) is 9.75. The molecule has 1 heterocycles. The van der Waals surface area contributed by atoms with E-state index in [0.717, 1.165) is 5.56 Å². The maximum atomic E-state index is 13.2. The van der Waals surface area contributed by atoms with Crippen LogP contribution in [-0.4, -0.2) is 36.3 Å². The maximum absolute atomic E-state index is 13.2. The number of carbonyl (C=O) groups excluding carboxylic acids is 2. The molecule has 4 nitrogen and oxygen atoms in total. The fourth-order valence-corrected chi connectivity index (χ4v) is 4.38. The van der Waals surface area contributed by atoms with Crippen molar-refractivity contribution < 1.29 is 9.59 Å². The molecule has 0 radical (unpaired) electrons. The van der Waals surface area contributed by atoms with Crippen LogP contribution in [0.4, 0.5) is 0 Å². The zero-order valence-corrected chi connectivity index (χ0v) is 18.1. The number of piperidine rings is 1. The predicted molar refractivity (Wildman–Crippen MR) is 122 cm³/mol. The zero-order valence-electron chi connectivity index (χ0n) is 18.1. The molecule has 0 aliphatic carbocycles. The van der Waals surface area contributed by atoms with Crippen LogP contribution in [0.25, 0.3) is 11.1 Å². The Labute approximate surface area is 180 Å². The zero-order chi connectivity index (χ0) is 21.6. The molecule has 158 valence electrons. The number of amides is 2. The van der Waals surface area contributed by atoms with E-state index in [4.69, 9.17) is 0 Å². The summed E-state index contributed by atoms with van der Waals surface area (Å²) in [7, 11) is 0. The standard InChI is InChI=1S/C26H32N2O2/c1-4-15-27-25(30)26(13-16-28(17-14-26)24(29)5-2)19-21-10-8-11-22(18-21)23-12-7-6-9-20(23)3/h4,6-12,18H,1,5,13-17,19H2,2-3H3,(H,27,30). The Morgan fingerprint density at radius 1 is 1.13 bits per heavy atom. The number of rotatable bonds is 7. The quantitative estimate of drug-likeness (QED) is 0.690. The Hall–Kier alpha value is -2.88. The first kappa shape index (κ1) is 21.8. The first-order valence-corrected chi connectivity index (χ1v) is 10.8. The van der Waals surface area contributed by atoms with E-state index in [0.29, 0.717) is 45.3 Å². The summed E-state index contributed by atoms with van der Waals surface area (Å²) in [5, 5.41) is 3.02. The highest BCUT2D eigenvalue weighted by molar-refractivity contribution is 5.84. The van der Waals surface area contributed by atoms with Gasteiger partial charge in [0.1, 0.15) is 0 Å². The van der Waals surface area contributed by atoms with E-state index in [1.54, 1.807) is 6.08 Å². The molecular weight excluding hydrogens is 372 g/mol. The third-order valence-corrected chi connectivity index (χ3v) is 6.19. The summed E-state index contributed by atoms with van der Waals surface area (Å²) < 4.78 is 0. The highest BCUT2D eigenvalue weighted by Gasteiger charge is 2.41. The Kier molecular flexibility index (Phi) is 7.09. The maximum Gasteiger partial charge on any atom is 0.226 e. The second-order valence-electron chi connectivity index (χ2n) is 8.21. The molecule has 2 aromatic carbocycles. The summed E-state index contributed by atoms with van der Waals surface area (Å²) >= 11 is 0. The van der Waals surface area contributed by atoms with Crippen LogP contribution in [0.2, 0.25) is 0 Å². The van der Waals surface area contributed by atoms with E-state index in [1.165, 1.54) is 16.7 Å². The molecule has 1 fully saturated rings. The third-order valence-electron chi connectivity index (χ3n) is 6.19. The SMILES string of the molecule is C=CCNC(=O)C1(Cc2cccc(-c3ccccc3C)c2)CCN(C(=O)CC)CC1. The molecule has 1 aliphatic heterocycles. The number of hydrogen-bond acceptors (Lipinski definition) is 2. The number of likely N-dealkylation sites (tertiary alicyclic amines) is 1. The van der Waals surface area contributed by atoms with Crippen LogP contribution >= 0.6 is 0 Å². The molecule has 0 bridgehead atoms. The van der Waals surface area contributed by atoms with Crippen molar-refractivity contribution in [3.63, 3.8) is 0 Å². The van der Waals surface area contributed by atoms with Gasteiger partial charge < -0.3 is 10.2 Å². The van der Waals surface area contributed by atoms with Crippen LogP contribution in [0.3, 0.4) is 0 Å². The van der Waals surface area contributed by atoms with Gasteiger partial charge in [-0.2, -0.15) is 0 Å². The van der Waals surface area contributed by atoms with Crippen LogP contribution in [0, 0.1) is 12.3 Å². The number of carbonyl (C=O) groups is 2. The van der Waals surface area contributed by atoms with Gasteiger partial charge in [-0.1, -0.05) is 61.5 Å². The number of benzene rings is 2. The molecule has 1 saturated heterocycles. The summed E-state index contributed by atoms with van der Waals surface area (Å²) in [6.45, 7) is 9.44. The average Bonchev–Trinajstić information content (AvgIpc) is 2.78. The van der Waals surface area contributed by atoms with E-state index in [2.05, 4.69) is 61.3 Å². The predicted octanol–water partition coefficient (Wildman–Crippen LogP) is 4.53. The van der Waals surface area contributed by atoms with Gasteiger partial charge in [0.25, 0.3) is 0 Å². The van der Waals surface area contributed by atoms with E-state index in [9.17, 15) is 9.59 Å². The Morgan fingerprint density at radius 2 is 1.87 bits per heavy atom. The lowest BCUT2D eigenvalue weighted by molar-refractivity contribution is -0.140. The molecule has 30 heavy (non-hydrogen) atoms. The van der Waals surface area contributed by atoms with E-state index in [-0.39, 0.29) is 11.8 Å². The van der Waals surface area contributed by atoms with Gasteiger partial charge in [0, 0.05) is 26.1 Å². The molecular formula is C26H32N2O2. The van der Waals surface area contributed by atoms with Crippen molar-refractivity contribution in [2.45, 2.75) is 39.5 Å². The van der Waals surface area contributed by atoms with Gasteiger partial charge in [0.2, 0.25) is 11.8 Å². The molecule has 0 atom stereocenters. The fourth-order valence-electron chi connectivity index (χ4n) is 4.38. The summed E-state index contributed by atoms with van der Waals surface area (Å²) in [4.78, 5) is 27.2. The fraction of sp³-hybridized carbons (Fsp3) is 0.385. The number of aryl methyl sites for hydroxylation is 1. The van der Waals surface area contributed by atoms with Gasteiger partial charge in [-0.15, -0.1) is 6.58 Å². The number of nitrogens with zero attached hydrogens (tertiary/aromatic N) is 1. The molecule has 0 saturated carbocycles. The van der Waals surface area contributed by atoms with E-state index in [1.807, 2.05) is 17.9 Å². The van der Waals surface area contributed by atoms with Gasteiger partial charge in [-0.25, -0.2) is 0 Å². The summed E-state index contributed by atoms with van der Waals surface area (Å²) in [5.74, 6) is 0.226. The highest BCUT2D eigenvalue weighted by Crippen LogP contribution is 2.37. The van der Waals surface area contributed by atoms with Crippen LogP contribution in [0.5, 0.6) is 0 Å². The largest absolute Gasteiger partial charge is 0.352 e. The molecule has 1 aliphatic rings. The number of nitrogens with one attached hydrogen (secondary N) is 1. The Bertz CT molecular complexity index is 911. The lowest BCUT2D eigenvalue weighted by atomic mass is 9.72.